The summed E-state index contributed by atoms with van der Waals surface area (Å²) in [4.78, 5) is 82.6. The predicted octanol–water partition coefficient (Wildman–Crippen LogP) is 2.08. The van der Waals surface area contributed by atoms with Crippen LogP contribution in [0.25, 0.3) is 22.6 Å². The van der Waals surface area contributed by atoms with E-state index in [9.17, 15) is 28.4 Å². The largest absolute Gasteiger partial charge is 0.355 e. The quantitative estimate of drug-likeness (QED) is 0.224. The molecule has 1 aliphatic rings. The number of aromatic nitrogens is 6. The van der Waals surface area contributed by atoms with Gasteiger partial charge in [0.15, 0.2) is 5.65 Å². The average Bonchev–Trinajstić information content (AvgIpc) is 3.50. The molecule has 1 fully saturated rings. The molecule has 2 N–H and O–H groups in total. The highest BCUT2D eigenvalue weighted by atomic mass is 19.1. The van der Waals surface area contributed by atoms with Crippen molar-refractivity contribution in [3.8, 4) is 11.4 Å². The molecule has 0 aromatic carbocycles. The maximum Gasteiger partial charge on any atom is 0.332 e. The number of rotatable bonds is 12. The number of halogens is 1. The molecule has 0 aliphatic carbocycles. The third kappa shape index (κ3) is 7.03. The number of hydrogen-bond donors (Lipinski definition) is 2. The van der Waals surface area contributed by atoms with Crippen LogP contribution in [0.5, 0.6) is 0 Å². The van der Waals surface area contributed by atoms with E-state index in [1.807, 2.05) is 6.92 Å². The Labute approximate surface area is 263 Å². The van der Waals surface area contributed by atoms with Crippen molar-refractivity contribution >= 4 is 34.7 Å². The Hall–Kier alpha value is -5.21. The van der Waals surface area contributed by atoms with Crippen molar-refractivity contribution < 1.29 is 18.8 Å². The lowest BCUT2D eigenvalue weighted by Crippen LogP contribution is -2.42. The molecule has 3 amide bonds. The predicted molar refractivity (Wildman–Crippen MR) is 168 cm³/mol. The Morgan fingerprint density at radius 2 is 1.85 bits per heavy atom. The Morgan fingerprint density at radius 1 is 1.02 bits per heavy atom. The van der Waals surface area contributed by atoms with Crippen molar-refractivity contribution in [1.82, 2.24) is 39.3 Å². The summed E-state index contributed by atoms with van der Waals surface area (Å²) in [6.07, 6.45) is 6.14. The maximum absolute atomic E-state index is 13.5. The number of fused-ring (bicyclic) bond motifs is 1. The van der Waals surface area contributed by atoms with Crippen molar-refractivity contribution in [3.63, 3.8) is 0 Å². The minimum absolute atomic E-state index is 0.000859. The first-order valence-corrected chi connectivity index (χ1v) is 15.3. The first-order chi connectivity index (χ1) is 22.2. The number of carbonyl (C=O) groups is 3. The number of aromatic amines is 1. The second-order valence-electron chi connectivity index (χ2n) is 11.1. The van der Waals surface area contributed by atoms with Gasteiger partial charge in [-0.15, -0.1) is 0 Å². The summed E-state index contributed by atoms with van der Waals surface area (Å²) in [6.45, 7) is 5.13. The lowest BCUT2D eigenvalue weighted by atomic mass is 10.1. The van der Waals surface area contributed by atoms with Crippen molar-refractivity contribution in [2.45, 2.75) is 59.0 Å². The Balaban J connectivity index is 1.44. The number of carbonyl (C=O) groups excluding carboxylic acids is 3. The molecule has 242 valence electrons. The number of amides is 3. The molecule has 5 heterocycles. The third-order valence-corrected chi connectivity index (χ3v) is 7.77. The van der Waals surface area contributed by atoms with Crippen molar-refractivity contribution in [3.05, 3.63) is 69.0 Å². The van der Waals surface area contributed by atoms with Crippen LogP contribution in [0.15, 0.2) is 46.2 Å². The highest BCUT2D eigenvalue weighted by Gasteiger charge is 2.23. The first-order valence-electron chi connectivity index (χ1n) is 15.3. The summed E-state index contributed by atoms with van der Waals surface area (Å²) in [7, 11) is 0. The number of anilines is 1. The van der Waals surface area contributed by atoms with Crippen LogP contribution in [0, 0.1) is 5.95 Å². The summed E-state index contributed by atoms with van der Waals surface area (Å²) in [5, 5.41) is 2.60. The molecule has 5 rings (SSSR count). The van der Waals surface area contributed by atoms with Gasteiger partial charge < -0.3 is 15.2 Å². The zero-order chi connectivity index (χ0) is 32.8. The monoisotopic (exact) mass is 633 g/mol. The van der Waals surface area contributed by atoms with Gasteiger partial charge in [0, 0.05) is 70.6 Å². The van der Waals surface area contributed by atoms with Gasteiger partial charge in [0.1, 0.15) is 17.2 Å². The summed E-state index contributed by atoms with van der Waals surface area (Å²) >= 11 is 0. The molecule has 0 bridgehead atoms. The molecule has 0 radical (unpaired) electrons. The summed E-state index contributed by atoms with van der Waals surface area (Å²) < 4.78 is 16.0. The number of nitrogens with zero attached hydrogens (tertiary/aromatic N) is 7. The Morgan fingerprint density at radius 3 is 2.52 bits per heavy atom. The van der Waals surface area contributed by atoms with Gasteiger partial charge in [0.05, 0.1) is 5.56 Å². The molecule has 1 saturated heterocycles. The van der Waals surface area contributed by atoms with E-state index in [2.05, 4.69) is 25.3 Å². The van der Waals surface area contributed by atoms with Crippen LogP contribution in [0.4, 0.5) is 10.2 Å². The van der Waals surface area contributed by atoms with Gasteiger partial charge in [0.2, 0.25) is 17.8 Å². The number of hydrogen-bond acceptors (Lipinski definition) is 8. The van der Waals surface area contributed by atoms with Gasteiger partial charge in [-0.3, -0.25) is 33.2 Å². The second kappa shape index (κ2) is 14.3. The van der Waals surface area contributed by atoms with Crippen LogP contribution in [0.1, 0.15) is 56.3 Å². The van der Waals surface area contributed by atoms with Crippen molar-refractivity contribution in [2.75, 3.05) is 31.1 Å². The lowest BCUT2D eigenvalue weighted by Gasteiger charge is -2.28. The van der Waals surface area contributed by atoms with Crippen LogP contribution < -0.4 is 21.5 Å². The number of imidazole rings is 1. The standard InChI is InChI=1S/C31H36FN9O5/c1-3-13-40-28-26(30(45)41(31(40)46)17-12-33-20(2)42)36-27(37-28)21-9-11-24(35-18-21)39(29(44)22-8-10-23(32)34-19-22)16-6-15-38-14-5-4-7-25(38)43/h8-11,18-19H,3-7,12-17H2,1-2H3,(H,33,42)(H,36,37). The number of piperidine rings is 1. The topological polar surface area (TPSA) is 168 Å². The second-order valence-corrected chi connectivity index (χ2v) is 11.1. The van der Waals surface area contributed by atoms with Gasteiger partial charge >= 0.3 is 5.69 Å². The summed E-state index contributed by atoms with van der Waals surface area (Å²) in [5.74, 6) is -0.672. The number of pyridine rings is 2. The minimum Gasteiger partial charge on any atom is -0.355 e. The van der Waals surface area contributed by atoms with Gasteiger partial charge in [-0.2, -0.15) is 4.39 Å². The number of nitrogens with one attached hydrogen (secondary N) is 2. The molecular formula is C31H36FN9O5. The van der Waals surface area contributed by atoms with Crippen LogP contribution in [-0.2, 0) is 22.7 Å². The maximum atomic E-state index is 13.5. The summed E-state index contributed by atoms with van der Waals surface area (Å²) in [5.41, 5.74) is -0.0380. The molecule has 14 nitrogen and oxygen atoms in total. The van der Waals surface area contributed by atoms with Crippen LogP contribution in [0.2, 0.25) is 0 Å². The minimum atomic E-state index is -0.705. The van der Waals surface area contributed by atoms with Crippen molar-refractivity contribution in [1.29, 1.82) is 0 Å². The molecule has 0 spiro atoms. The molecule has 4 aromatic heterocycles. The molecule has 0 unspecified atom stereocenters. The molecule has 15 heteroatoms. The van der Waals surface area contributed by atoms with Crippen molar-refractivity contribution in [2.24, 2.45) is 0 Å². The van der Waals surface area contributed by atoms with E-state index in [4.69, 9.17) is 0 Å². The van der Waals surface area contributed by atoms with Gasteiger partial charge in [-0.1, -0.05) is 6.92 Å². The Kier molecular flexibility index (Phi) is 9.98. The number of likely N-dealkylation sites (tertiary alicyclic amines) is 1. The van der Waals surface area contributed by atoms with E-state index in [0.29, 0.717) is 56.1 Å². The molecular weight excluding hydrogens is 597 g/mol. The van der Waals surface area contributed by atoms with E-state index >= 15 is 0 Å². The zero-order valence-electron chi connectivity index (χ0n) is 25.8. The molecule has 46 heavy (non-hydrogen) atoms. The van der Waals surface area contributed by atoms with Crippen LogP contribution >= 0.6 is 0 Å². The van der Waals surface area contributed by atoms with E-state index in [0.717, 1.165) is 23.5 Å². The van der Waals surface area contributed by atoms with Gasteiger partial charge in [-0.05, 0) is 49.9 Å². The molecule has 0 saturated carbocycles. The third-order valence-electron chi connectivity index (χ3n) is 7.77. The number of H-pyrrole nitrogens is 1. The average molecular weight is 634 g/mol. The summed E-state index contributed by atoms with van der Waals surface area (Å²) in [6, 6.07) is 5.79. The highest BCUT2D eigenvalue weighted by Crippen LogP contribution is 2.22. The fourth-order valence-electron chi connectivity index (χ4n) is 5.45. The lowest BCUT2D eigenvalue weighted by molar-refractivity contribution is -0.133. The smallest absolute Gasteiger partial charge is 0.332 e. The van der Waals surface area contributed by atoms with Gasteiger partial charge in [-0.25, -0.2) is 19.7 Å². The number of aryl methyl sites for hydroxylation is 1. The van der Waals surface area contributed by atoms with E-state index in [-0.39, 0.29) is 48.2 Å². The van der Waals surface area contributed by atoms with Gasteiger partial charge in [0.25, 0.3) is 11.5 Å². The van der Waals surface area contributed by atoms with E-state index in [1.54, 1.807) is 17.0 Å². The van der Waals surface area contributed by atoms with E-state index in [1.165, 1.54) is 34.9 Å². The van der Waals surface area contributed by atoms with Crippen LogP contribution in [0.3, 0.4) is 0 Å². The molecule has 0 atom stereocenters. The Bertz CT molecular complexity index is 1850. The van der Waals surface area contributed by atoms with Crippen LogP contribution in [-0.4, -0.2) is 77.9 Å². The zero-order valence-corrected chi connectivity index (χ0v) is 25.8. The SMILES string of the molecule is CCCn1c(=O)n(CCNC(C)=O)c(=O)c2[nH]c(-c3ccc(N(CCCN4CCCCC4=O)C(=O)c4ccc(F)nc4)nc3)nc21. The molecule has 4 aromatic rings. The first kappa shape index (κ1) is 32.2. The fourth-order valence-corrected chi connectivity index (χ4v) is 5.45. The normalized spacial score (nSPS) is 13.3. The highest BCUT2D eigenvalue weighted by molar-refractivity contribution is 6.05. The molecule has 1 aliphatic heterocycles. The fraction of sp³-hybridized carbons (Fsp3) is 0.419. The van der Waals surface area contributed by atoms with E-state index < -0.39 is 23.1 Å².